The smallest absolute Gasteiger partial charge is 0.223 e. The first-order valence-electron chi connectivity index (χ1n) is 6.31. The van der Waals surface area contributed by atoms with E-state index in [-0.39, 0.29) is 12.4 Å². The lowest BCUT2D eigenvalue weighted by atomic mass is 9.90. The molecule has 0 bridgehead atoms. The maximum absolute atomic E-state index is 12.0. The highest BCUT2D eigenvalue weighted by atomic mass is 35.5. The summed E-state index contributed by atoms with van der Waals surface area (Å²) in [6.45, 7) is 2.21. The van der Waals surface area contributed by atoms with Gasteiger partial charge in [0, 0.05) is 12.0 Å². The second-order valence-electron chi connectivity index (χ2n) is 5.51. The molecule has 3 aliphatic rings. The van der Waals surface area contributed by atoms with Crippen LogP contribution < -0.4 is 10.6 Å². The number of carbonyl (C=O) groups excluding carboxylic acids is 1. The second-order valence-corrected chi connectivity index (χ2v) is 5.51. The second kappa shape index (κ2) is 4.53. The van der Waals surface area contributed by atoms with Crippen LogP contribution in [-0.2, 0) is 4.79 Å². The lowest BCUT2D eigenvalue weighted by Gasteiger charge is -2.28. The molecule has 3 rings (SSSR count). The molecule has 3 nitrogen and oxygen atoms in total. The molecule has 1 atom stereocenters. The Morgan fingerprint density at radius 1 is 1.25 bits per heavy atom. The van der Waals surface area contributed by atoms with Gasteiger partial charge >= 0.3 is 0 Å². The normalized spacial score (nSPS) is 31.4. The average Bonchev–Trinajstić information content (AvgIpc) is 2.87. The molecule has 1 spiro atoms. The van der Waals surface area contributed by atoms with Crippen LogP contribution in [0.5, 0.6) is 0 Å². The van der Waals surface area contributed by atoms with Crippen molar-refractivity contribution in [3.05, 3.63) is 0 Å². The molecular formula is C12H21ClN2O. The highest BCUT2D eigenvalue weighted by Gasteiger charge is 2.57. The van der Waals surface area contributed by atoms with E-state index in [2.05, 4.69) is 10.6 Å². The Bertz CT molecular complexity index is 272. The van der Waals surface area contributed by atoms with Crippen LogP contribution in [0.3, 0.4) is 0 Å². The fourth-order valence-corrected chi connectivity index (χ4v) is 3.05. The van der Waals surface area contributed by atoms with Gasteiger partial charge in [-0.1, -0.05) is 0 Å². The Kier molecular flexibility index (Phi) is 3.45. The van der Waals surface area contributed by atoms with Gasteiger partial charge in [0.1, 0.15) is 0 Å². The molecule has 1 aliphatic heterocycles. The van der Waals surface area contributed by atoms with Gasteiger partial charge in [0.05, 0.1) is 0 Å². The molecule has 2 saturated carbocycles. The van der Waals surface area contributed by atoms with Crippen molar-refractivity contribution in [2.75, 3.05) is 13.1 Å². The van der Waals surface area contributed by atoms with Crippen LogP contribution >= 0.6 is 12.4 Å². The van der Waals surface area contributed by atoms with E-state index in [0.29, 0.717) is 23.3 Å². The minimum absolute atomic E-state index is 0. The molecule has 0 aromatic carbocycles. The summed E-state index contributed by atoms with van der Waals surface area (Å²) >= 11 is 0. The Balaban J connectivity index is 0.000000963. The van der Waals surface area contributed by atoms with Gasteiger partial charge in [-0.2, -0.15) is 0 Å². The van der Waals surface area contributed by atoms with Crippen LogP contribution in [0.2, 0.25) is 0 Å². The standard InChI is InChI=1S/C12H20N2O.ClH/c15-11(14-9-2-1-3-9)10-8-12(10)4-6-13-7-5-12;/h9-10,13H,1-8H2,(H,14,15);1H. The summed E-state index contributed by atoms with van der Waals surface area (Å²) in [7, 11) is 0. The fraction of sp³-hybridized carbons (Fsp3) is 0.917. The van der Waals surface area contributed by atoms with E-state index in [4.69, 9.17) is 0 Å². The zero-order chi connectivity index (χ0) is 10.3. The number of hydrogen-bond acceptors (Lipinski definition) is 2. The van der Waals surface area contributed by atoms with E-state index in [1.165, 1.54) is 32.1 Å². The van der Waals surface area contributed by atoms with Crippen LogP contribution in [0, 0.1) is 11.3 Å². The summed E-state index contributed by atoms with van der Waals surface area (Å²) in [4.78, 5) is 12.0. The summed E-state index contributed by atoms with van der Waals surface area (Å²) in [5, 5.41) is 6.56. The Morgan fingerprint density at radius 2 is 1.94 bits per heavy atom. The summed E-state index contributed by atoms with van der Waals surface area (Å²) in [6.07, 6.45) is 7.25. The maximum Gasteiger partial charge on any atom is 0.223 e. The lowest BCUT2D eigenvalue weighted by Crippen LogP contribution is -2.42. The van der Waals surface area contributed by atoms with Crippen molar-refractivity contribution < 1.29 is 4.79 Å². The van der Waals surface area contributed by atoms with Crippen LogP contribution in [0.1, 0.15) is 38.5 Å². The predicted octanol–water partition coefficient (Wildman–Crippen LogP) is 1.47. The van der Waals surface area contributed by atoms with E-state index in [9.17, 15) is 4.79 Å². The van der Waals surface area contributed by atoms with Gasteiger partial charge in [-0.3, -0.25) is 4.79 Å². The maximum atomic E-state index is 12.0. The molecule has 2 N–H and O–H groups in total. The largest absolute Gasteiger partial charge is 0.353 e. The molecule has 1 saturated heterocycles. The lowest BCUT2D eigenvalue weighted by molar-refractivity contribution is -0.124. The van der Waals surface area contributed by atoms with Gasteiger partial charge in [-0.05, 0) is 57.0 Å². The first-order valence-corrected chi connectivity index (χ1v) is 6.31. The van der Waals surface area contributed by atoms with Crippen LogP contribution in [-0.4, -0.2) is 25.0 Å². The number of amides is 1. The molecule has 1 amide bonds. The van der Waals surface area contributed by atoms with Gasteiger partial charge < -0.3 is 10.6 Å². The van der Waals surface area contributed by atoms with E-state index >= 15 is 0 Å². The number of rotatable bonds is 2. The van der Waals surface area contributed by atoms with E-state index in [0.717, 1.165) is 19.5 Å². The van der Waals surface area contributed by atoms with E-state index in [1.54, 1.807) is 0 Å². The SMILES string of the molecule is Cl.O=C(NC1CCC1)C1CC12CCNCC2. The van der Waals surface area contributed by atoms with Crippen LogP contribution in [0.4, 0.5) is 0 Å². The quantitative estimate of drug-likeness (QED) is 0.773. The fourth-order valence-electron chi connectivity index (χ4n) is 3.05. The molecule has 1 unspecified atom stereocenters. The zero-order valence-corrected chi connectivity index (χ0v) is 10.4. The van der Waals surface area contributed by atoms with Crippen LogP contribution in [0.25, 0.3) is 0 Å². The summed E-state index contributed by atoms with van der Waals surface area (Å²) in [6, 6.07) is 0.511. The molecule has 92 valence electrons. The molecule has 1 heterocycles. The molecule has 2 aliphatic carbocycles. The Morgan fingerprint density at radius 3 is 2.50 bits per heavy atom. The van der Waals surface area contributed by atoms with Crippen LogP contribution in [0.15, 0.2) is 0 Å². The number of hydrogen-bond donors (Lipinski definition) is 2. The molecule has 0 aromatic rings. The minimum Gasteiger partial charge on any atom is -0.353 e. The minimum atomic E-state index is 0. The molecule has 3 fully saturated rings. The topological polar surface area (TPSA) is 41.1 Å². The number of piperidine rings is 1. The molecule has 0 aromatic heterocycles. The predicted molar refractivity (Wildman–Crippen MR) is 65.7 cm³/mol. The third-order valence-corrected chi connectivity index (χ3v) is 4.56. The average molecular weight is 245 g/mol. The first-order chi connectivity index (χ1) is 7.30. The van der Waals surface area contributed by atoms with Gasteiger partial charge in [0.15, 0.2) is 0 Å². The third-order valence-electron chi connectivity index (χ3n) is 4.56. The highest BCUT2D eigenvalue weighted by Crippen LogP contribution is 2.58. The monoisotopic (exact) mass is 244 g/mol. The van der Waals surface area contributed by atoms with E-state index < -0.39 is 0 Å². The number of halogens is 1. The zero-order valence-electron chi connectivity index (χ0n) is 9.63. The summed E-state index contributed by atoms with van der Waals surface area (Å²) in [5.74, 6) is 0.696. The Hall–Kier alpha value is -0.280. The summed E-state index contributed by atoms with van der Waals surface area (Å²) in [5.41, 5.74) is 0.402. The van der Waals surface area contributed by atoms with Gasteiger partial charge in [0.2, 0.25) is 5.91 Å². The van der Waals surface area contributed by atoms with Crippen molar-refractivity contribution in [2.45, 2.75) is 44.6 Å². The summed E-state index contributed by atoms with van der Waals surface area (Å²) < 4.78 is 0. The van der Waals surface area contributed by atoms with E-state index in [1.807, 2.05) is 0 Å². The molecular weight excluding hydrogens is 224 g/mol. The van der Waals surface area contributed by atoms with Crippen molar-refractivity contribution in [3.63, 3.8) is 0 Å². The van der Waals surface area contributed by atoms with Gasteiger partial charge in [-0.25, -0.2) is 0 Å². The van der Waals surface area contributed by atoms with Gasteiger partial charge in [-0.15, -0.1) is 12.4 Å². The third kappa shape index (κ3) is 2.07. The number of carbonyl (C=O) groups is 1. The van der Waals surface area contributed by atoms with Crippen molar-refractivity contribution in [2.24, 2.45) is 11.3 Å². The van der Waals surface area contributed by atoms with Crippen molar-refractivity contribution in [1.29, 1.82) is 0 Å². The first kappa shape index (κ1) is 12.2. The number of nitrogens with one attached hydrogen (secondary N) is 2. The molecule has 4 heteroatoms. The van der Waals surface area contributed by atoms with Gasteiger partial charge in [0.25, 0.3) is 0 Å². The molecule has 0 radical (unpaired) electrons. The van der Waals surface area contributed by atoms with Crippen molar-refractivity contribution in [1.82, 2.24) is 10.6 Å². The van der Waals surface area contributed by atoms with Crippen molar-refractivity contribution in [3.8, 4) is 0 Å². The Labute approximate surface area is 103 Å². The molecule has 16 heavy (non-hydrogen) atoms. The highest BCUT2D eigenvalue weighted by molar-refractivity contribution is 5.85. The van der Waals surface area contributed by atoms with Crippen molar-refractivity contribution >= 4 is 18.3 Å².